The van der Waals surface area contributed by atoms with Crippen LogP contribution in [-0.2, 0) is 11.3 Å². The first-order chi connectivity index (χ1) is 14.4. The zero-order chi connectivity index (χ0) is 21.7. The van der Waals surface area contributed by atoms with E-state index in [1.165, 1.54) is 25.3 Å². The number of non-ortho nitro benzene ring substituents is 1. The van der Waals surface area contributed by atoms with Crippen molar-refractivity contribution in [3.05, 3.63) is 69.4 Å². The van der Waals surface area contributed by atoms with Gasteiger partial charge >= 0.3 is 0 Å². The second kappa shape index (κ2) is 9.40. The molecule has 0 saturated carbocycles. The van der Waals surface area contributed by atoms with Crippen molar-refractivity contribution in [2.45, 2.75) is 13.5 Å². The minimum atomic E-state index is -0.546. The fraction of sp³-hybridized carbons (Fsp3) is 0.200. The average molecular weight is 475 g/mol. The summed E-state index contributed by atoms with van der Waals surface area (Å²) < 4.78 is 13.5. The number of rotatable bonds is 8. The molecular weight excluding hydrogens is 456 g/mol. The van der Waals surface area contributed by atoms with E-state index >= 15 is 0 Å². The van der Waals surface area contributed by atoms with Gasteiger partial charge in [-0.3, -0.25) is 19.6 Å². The lowest BCUT2D eigenvalue weighted by Crippen LogP contribution is -2.24. The van der Waals surface area contributed by atoms with Crippen LogP contribution in [0.5, 0.6) is 17.2 Å². The number of methoxy groups -OCH3 is 1. The summed E-state index contributed by atoms with van der Waals surface area (Å²) in [4.78, 5) is 23.4. The Morgan fingerprint density at radius 3 is 2.67 bits per heavy atom. The molecule has 30 heavy (non-hydrogen) atoms. The lowest BCUT2D eigenvalue weighted by atomic mass is 10.1. The van der Waals surface area contributed by atoms with E-state index < -0.39 is 10.8 Å². The summed E-state index contributed by atoms with van der Waals surface area (Å²) in [5.74, 6) is 0.358. The van der Waals surface area contributed by atoms with E-state index in [0.29, 0.717) is 18.0 Å². The number of hydrogen-bond donors (Lipinski definition) is 1. The van der Waals surface area contributed by atoms with Crippen molar-refractivity contribution in [1.29, 1.82) is 0 Å². The molecule has 1 N–H and O–H groups in total. The van der Waals surface area contributed by atoms with Gasteiger partial charge in [0.1, 0.15) is 5.75 Å². The van der Waals surface area contributed by atoms with Gasteiger partial charge in [-0.05, 0) is 28.1 Å². The molecule has 3 aromatic rings. The number of anilines is 1. The van der Waals surface area contributed by atoms with Crippen LogP contribution < -0.4 is 14.8 Å². The maximum atomic E-state index is 12.6. The molecule has 0 aliphatic heterocycles. The second-order valence-electron chi connectivity index (χ2n) is 6.50. The third kappa shape index (κ3) is 5.35. The monoisotopic (exact) mass is 474 g/mol. The summed E-state index contributed by atoms with van der Waals surface area (Å²) in [6, 6.07) is 11.0. The van der Waals surface area contributed by atoms with Crippen LogP contribution in [0.25, 0.3) is 0 Å². The topological polar surface area (TPSA) is 109 Å². The molecule has 1 unspecified atom stereocenters. The van der Waals surface area contributed by atoms with E-state index in [1.807, 2.05) is 0 Å². The number of aromatic nitrogens is 2. The van der Waals surface area contributed by atoms with Gasteiger partial charge in [0.05, 0.1) is 46.9 Å². The summed E-state index contributed by atoms with van der Waals surface area (Å²) in [6.45, 7) is 2.10. The Balaban J connectivity index is 1.80. The Hall–Kier alpha value is -3.40. The molecule has 0 saturated heterocycles. The van der Waals surface area contributed by atoms with Crippen molar-refractivity contribution in [2.24, 2.45) is 5.92 Å². The molecule has 156 valence electrons. The zero-order valence-corrected chi connectivity index (χ0v) is 17.8. The number of halogens is 1. The van der Waals surface area contributed by atoms with E-state index in [0.717, 1.165) is 4.47 Å². The Morgan fingerprint density at radius 1 is 1.30 bits per heavy atom. The number of para-hydroxylation sites is 2. The number of nitro benzene ring substituents is 1. The van der Waals surface area contributed by atoms with Gasteiger partial charge in [0.25, 0.3) is 5.69 Å². The highest BCUT2D eigenvalue weighted by atomic mass is 79.9. The molecular formula is C20H19BrN4O5. The molecule has 0 radical (unpaired) electrons. The quantitative estimate of drug-likeness (QED) is 0.376. The molecule has 0 spiro atoms. The highest BCUT2D eigenvalue weighted by molar-refractivity contribution is 9.10. The van der Waals surface area contributed by atoms with E-state index in [-0.39, 0.29) is 23.0 Å². The number of carbonyl (C=O) groups is 1. The fourth-order valence-electron chi connectivity index (χ4n) is 2.72. The smallest absolute Gasteiger partial charge is 0.275 e. The summed E-state index contributed by atoms with van der Waals surface area (Å²) >= 11 is 3.31. The number of ether oxygens (including phenoxy) is 2. The first-order valence-electron chi connectivity index (χ1n) is 8.95. The molecule has 0 aliphatic rings. The molecule has 1 amide bonds. The van der Waals surface area contributed by atoms with Crippen LogP contribution in [0.2, 0.25) is 0 Å². The summed E-state index contributed by atoms with van der Waals surface area (Å²) in [7, 11) is 1.50. The first kappa shape index (κ1) is 21.3. The molecule has 10 heteroatoms. The predicted octanol–water partition coefficient (Wildman–Crippen LogP) is 4.63. The van der Waals surface area contributed by atoms with Gasteiger partial charge in [-0.1, -0.05) is 19.1 Å². The predicted molar refractivity (Wildman–Crippen MR) is 114 cm³/mol. The standard InChI is InChI=1S/C20H19BrN4O5/c1-13(11-24-12-14(21)10-22-24)20(26)23-15-7-16(25(27)28)9-17(8-15)30-19-6-4-3-5-18(19)29-2/h3-10,12-13H,11H2,1-2H3,(H,23,26). The van der Waals surface area contributed by atoms with Gasteiger partial charge in [-0.25, -0.2) is 0 Å². The van der Waals surface area contributed by atoms with Gasteiger partial charge in [0, 0.05) is 18.3 Å². The molecule has 0 fully saturated rings. The summed E-state index contributed by atoms with van der Waals surface area (Å²) in [5.41, 5.74) is 0.0500. The number of hydrogen-bond acceptors (Lipinski definition) is 6. The van der Waals surface area contributed by atoms with Gasteiger partial charge < -0.3 is 14.8 Å². The third-order valence-corrected chi connectivity index (χ3v) is 4.59. The minimum absolute atomic E-state index is 0.202. The number of nitro groups is 1. The zero-order valence-electron chi connectivity index (χ0n) is 16.2. The van der Waals surface area contributed by atoms with Gasteiger partial charge in [0.15, 0.2) is 11.5 Å². The number of amides is 1. The summed E-state index contributed by atoms with van der Waals surface area (Å²) in [6.07, 6.45) is 3.39. The van der Waals surface area contributed by atoms with Crippen LogP contribution >= 0.6 is 15.9 Å². The molecule has 1 heterocycles. The Bertz CT molecular complexity index is 1070. The van der Waals surface area contributed by atoms with Gasteiger partial charge in [-0.2, -0.15) is 5.10 Å². The Morgan fingerprint density at radius 2 is 2.03 bits per heavy atom. The van der Waals surface area contributed by atoms with Crippen LogP contribution in [-0.4, -0.2) is 27.7 Å². The third-order valence-electron chi connectivity index (χ3n) is 4.18. The van der Waals surface area contributed by atoms with E-state index in [4.69, 9.17) is 9.47 Å². The molecule has 1 aromatic heterocycles. The largest absolute Gasteiger partial charge is 0.493 e. The minimum Gasteiger partial charge on any atom is -0.493 e. The van der Waals surface area contributed by atoms with Crippen LogP contribution in [0.15, 0.2) is 59.3 Å². The van der Waals surface area contributed by atoms with Gasteiger partial charge in [-0.15, -0.1) is 0 Å². The number of benzene rings is 2. The second-order valence-corrected chi connectivity index (χ2v) is 7.41. The number of carbonyl (C=O) groups excluding carboxylic acids is 1. The highest BCUT2D eigenvalue weighted by Gasteiger charge is 2.18. The van der Waals surface area contributed by atoms with Crippen molar-refractivity contribution in [1.82, 2.24) is 9.78 Å². The van der Waals surface area contributed by atoms with Crippen LogP contribution in [0, 0.1) is 16.0 Å². The number of nitrogens with one attached hydrogen (secondary N) is 1. The van der Waals surface area contributed by atoms with Crippen molar-refractivity contribution >= 4 is 33.2 Å². The SMILES string of the molecule is COc1ccccc1Oc1cc(NC(=O)C(C)Cn2cc(Br)cn2)cc([N+](=O)[O-])c1. The van der Waals surface area contributed by atoms with Crippen molar-refractivity contribution in [3.63, 3.8) is 0 Å². The van der Waals surface area contributed by atoms with E-state index in [2.05, 4.69) is 26.3 Å². The lowest BCUT2D eigenvalue weighted by molar-refractivity contribution is -0.384. The maximum Gasteiger partial charge on any atom is 0.275 e. The molecule has 1 atom stereocenters. The van der Waals surface area contributed by atoms with E-state index in [1.54, 1.807) is 48.3 Å². The number of nitrogens with zero attached hydrogens (tertiary/aromatic N) is 3. The molecule has 2 aromatic carbocycles. The Labute approximate surface area is 180 Å². The summed E-state index contributed by atoms with van der Waals surface area (Å²) in [5, 5.41) is 18.2. The van der Waals surface area contributed by atoms with Crippen LogP contribution in [0.3, 0.4) is 0 Å². The van der Waals surface area contributed by atoms with Crippen LogP contribution in [0.4, 0.5) is 11.4 Å². The average Bonchev–Trinajstić information content (AvgIpc) is 3.12. The Kier molecular flexibility index (Phi) is 6.68. The highest BCUT2D eigenvalue weighted by Crippen LogP contribution is 2.34. The molecule has 9 nitrogen and oxygen atoms in total. The van der Waals surface area contributed by atoms with Crippen molar-refractivity contribution in [3.8, 4) is 17.2 Å². The maximum absolute atomic E-state index is 12.6. The molecule has 0 aliphatic carbocycles. The first-order valence-corrected chi connectivity index (χ1v) is 9.74. The molecule has 3 rings (SSSR count). The van der Waals surface area contributed by atoms with E-state index in [9.17, 15) is 14.9 Å². The molecule has 0 bridgehead atoms. The lowest BCUT2D eigenvalue weighted by Gasteiger charge is -2.14. The van der Waals surface area contributed by atoms with Crippen molar-refractivity contribution in [2.75, 3.05) is 12.4 Å². The van der Waals surface area contributed by atoms with Crippen LogP contribution in [0.1, 0.15) is 6.92 Å². The van der Waals surface area contributed by atoms with Crippen molar-refractivity contribution < 1.29 is 19.2 Å². The normalized spacial score (nSPS) is 11.6. The van der Waals surface area contributed by atoms with Gasteiger partial charge in [0.2, 0.25) is 5.91 Å². The fourth-order valence-corrected chi connectivity index (χ4v) is 3.04.